The molecule has 1 fully saturated rings. The summed E-state index contributed by atoms with van der Waals surface area (Å²) in [4.78, 5) is 4.75. The lowest BCUT2D eigenvalue weighted by Crippen LogP contribution is -2.37. The highest BCUT2D eigenvalue weighted by molar-refractivity contribution is 7.89. The molecule has 1 saturated heterocycles. The van der Waals surface area contributed by atoms with E-state index in [1.165, 1.54) is 4.31 Å². The third-order valence-electron chi connectivity index (χ3n) is 5.06. The highest BCUT2D eigenvalue weighted by Gasteiger charge is 2.32. The van der Waals surface area contributed by atoms with Gasteiger partial charge in [0.2, 0.25) is 21.7 Å². The lowest BCUT2D eigenvalue weighted by Gasteiger charge is -2.29. The van der Waals surface area contributed by atoms with Gasteiger partial charge in [0.15, 0.2) is 0 Å². The summed E-state index contributed by atoms with van der Waals surface area (Å²) in [6, 6.07) is 13.7. The van der Waals surface area contributed by atoms with Gasteiger partial charge in [0.25, 0.3) is 0 Å². The van der Waals surface area contributed by atoms with E-state index in [-0.39, 0.29) is 10.8 Å². The Morgan fingerprint density at radius 1 is 1.10 bits per heavy atom. The number of benzene rings is 2. The molecule has 0 N–H and O–H groups in total. The Kier molecular flexibility index (Phi) is 5.58. The number of hydrogen-bond donors (Lipinski definition) is 0. The zero-order valence-electron chi connectivity index (χ0n) is 15.8. The van der Waals surface area contributed by atoms with Crippen LogP contribution in [0.15, 0.2) is 57.9 Å². The molecule has 0 atom stereocenters. The van der Waals surface area contributed by atoms with E-state index < -0.39 is 10.0 Å². The third-order valence-corrected chi connectivity index (χ3v) is 7.30. The number of methoxy groups -OCH3 is 1. The van der Waals surface area contributed by atoms with Crippen molar-refractivity contribution in [3.05, 3.63) is 59.4 Å². The number of rotatable bonds is 5. The van der Waals surface area contributed by atoms with E-state index in [0.717, 1.165) is 0 Å². The molecule has 29 heavy (non-hydrogen) atoms. The molecule has 7 nitrogen and oxygen atoms in total. The summed E-state index contributed by atoms with van der Waals surface area (Å²) in [5.41, 5.74) is 0.712. The second kappa shape index (κ2) is 8.14. The van der Waals surface area contributed by atoms with Crippen LogP contribution in [0.1, 0.15) is 24.7 Å². The van der Waals surface area contributed by atoms with Crippen molar-refractivity contribution in [1.29, 1.82) is 0 Å². The summed E-state index contributed by atoms with van der Waals surface area (Å²) in [5, 5.41) is 4.60. The van der Waals surface area contributed by atoms with Crippen molar-refractivity contribution < 1.29 is 17.7 Å². The van der Waals surface area contributed by atoms with Crippen molar-refractivity contribution in [1.82, 2.24) is 14.4 Å². The fourth-order valence-electron chi connectivity index (χ4n) is 3.39. The fourth-order valence-corrected chi connectivity index (χ4v) is 5.08. The first-order valence-corrected chi connectivity index (χ1v) is 11.0. The monoisotopic (exact) mass is 433 g/mol. The molecule has 9 heteroatoms. The minimum atomic E-state index is -3.54. The van der Waals surface area contributed by atoms with E-state index in [1.54, 1.807) is 37.4 Å². The topological polar surface area (TPSA) is 85.5 Å². The second-order valence-corrected chi connectivity index (χ2v) is 9.14. The molecule has 0 aliphatic carbocycles. The van der Waals surface area contributed by atoms with Crippen LogP contribution >= 0.6 is 11.6 Å². The number of piperidine rings is 1. The molecular weight excluding hydrogens is 414 g/mol. The molecule has 1 aliphatic heterocycles. The maximum absolute atomic E-state index is 12.9. The molecule has 0 radical (unpaired) electrons. The van der Waals surface area contributed by atoms with Gasteiger partial charge in [-0.05, 0) is 49.2 Å². The zero-order valence-corrected chi connectivity index (χ0v) is 17.4. The first kappa shape index (κ1) is 19.9. The molecule has 4 rings (SSSR count). The van der Waals surface area contributed by atoms with Crippen LogP contribution in [0.25, 0.3) is 11.4 Å². The van der Waals surface area contributed by atoms with E-state index in [9.17, 15) is 8.42 Å². The summed E-state index contributed by atoms with van der Waals surface area (Å²) in [7, 11) is -2.00. The number of aromatic nitrogens is 2. The Hall–Kier alpha value is -2.42. The summed E-state index contributed by atoms with van der Waals surface area (Å²) in [6.45, 7) is 0.783. The third kappa shape index (κ3) is 4.01. The average molecular weight is 434 g/mol. The van der Waals surface area contributed by atoms with Crippen LogP contribution in [0.5, 0.6) is 5.75 Å². The minimum absolute atomic E-state index is 0.0149. The smallest absolute Gasteiger partial charge is 0.243 e. The Labute approximate surface area is 174 Å². The molecule has 2 aromatic carbocycles. The van der Waals surface area contributed by atoms with Crippen LogP contribution in [0.3, 0.4) is 0 Å². The fraction of sp³-hybridized carbons (Fsp3) is 0.300. The van der Waals surface area contributed by atoms with Crippen molar-refractivity contribution >= 4 is 21.6 Å². The molecule has 1 aliphatic rings. The SMILES string of the molecule is COc1ccc(S(=O)(=O)N2CCC(c3nc(-c4ccccc4Cl)no3)CC2)cc1. The van der Waals surface area contributed by atoms with Gasteiger partial charge < -0.3 is 9.26 Å². The van der Waals surface area contributed by atoms with Crippen LogP contribution < -0.4 is 4.74 Å². The number of nitrogens with zero attached hydrogens (tertiary/aromatic N) is 3. The lowest BCUT2D eigenvalue weighted by molar-refractivity contribution is 0.271. The minimum Gasteiger partial charge on any atom is -0.497 e. The number of ether oxygens (including phenoxy) is 1. The lowest BCUT2D eigenvalue weighted by atomic mass is 9.98. The highest BCUT2D eigenvalue weighted by Crippen LogP contribution is 2.32. The molecule has 1 aromatic heterocycles. The van der Waals surface area contributed by atoms with Gasteiger partial charge in [-0.15, -0.1) is 0 Å². The quantitative estimate of drug-likeness (QED) is 0.605. The van der Waals surface area contributed by atoms with Crippen molar-refractivity contribution in [2.45, 2.75) is 23.7 Å². The summed E-state index contributed by atoms with van der Waals surface area (Å²) in [6.07, 6.45) is 1.22. The van der Waals surface area contributed by atoms with E-state index in [0.29, 0.717) is 54.0 Å². The van der Waals surface area contributed by atoms with Gasteiger partial charge in [0, 0.05) is 24.6 Å². The van der Waals surface area contributed by atoms with Gasteiger partial charge in [-0.2, -0.15) is 9.29 Å². The Bertz CT molecular complexity index is 1090. The normalized spacial score (nSPS) is 16.1. The largest absolute Gasteiger partial charge is 0.497 e. The molecule has 0 unspecified atom stereocenters. The van der Waals surface area contributed by atoms with Crippen LogP contribution in [0, 0.1) is 0 Å². The van der Waals surface area contributed by atoms with Gasteiger partial charge in [0.1, 0.15) is 5.75 Å². The molecule has 152 valence electrons. The maximum atomic E-state index is 12.9. The van der Waals surface area contributed by atoms with Crippen molar-refractivity contribution in [2.75, 3.05) is 20.2 Å². The first-order valence-electron chi connectivity index (χ1n) is 9.22. The molecule has 0 amide bonds. The van der Waals surface area contributed by atoms with Gasteiger partial charge in [-0.1, -0.05) is 28.9 Å². The zero-order chi connectivity index (χ0) is 20.4. The molecule has 3 aromatic rings. The highest BCUT2D eigenvalue weighted by atomic mass is 35.5. The molecule has 0 spiro atoms. The molecular formula is C20H20ClN3O4S. The van der Waals surface area contributed by atoms with E-state index >= 15 is 0 Å². The Morgan fingerprint density at radius 2 is 1.79 bits per heavy atom. The Balaban J connectivity index is 1.45. The van der Waals surface area contributed by atoms with Gasteiger partial charge in [0.05, 0.1) is 17.0 Å². The second-order valence-electron chi connectivity index (χ2n) is 6.79. The van der Waals surface area contributed by atoms with Crippen molar-refractivity contribution in [2.24, 2.45) is 0 Å². The van der Waals surface area contributed by atoms with Crippen LogP contribution in [0.4, 0.5) is 0 Å². The number of sulfonamides is 1. The number of hydrogen-bond acceptors (Lipinski definition) is 6. The van der Waals surface area contributed by atoms with Crippen LogP contribution in [-0.2, 0) is 10.0 Å². The summed E-state index contributed by atoms with van der Waals surface area (Å²) >= 11 is 6.20. The average Bonchev–Trinajstić information content (AvgIpc) is 3.24. The first-order chi connectivity index (χ1) is 14.0. The predicted molar refractivity (Wildman–Crippen MR) is 108 cm³/mol. The predicted octanol–water partition coefficient (Wildman–Crippen LogP) is 3.97. The molecule has 0 saturated carbocycles. The maximum Gasteiger partial charge on any atom is 0.243 e. The van der Waals surface area contributed by atoms with Gasteiger partial charge in [-0.25, -0.2) is 8.42 Å². The number of halogens is 1. The Morgan fingerprint density at radius 3 is 2.45 bits per heavy atom. The standard InChI is InChI=1S/C20H20ClN3O4S/c1-27-15-6-8-16(9-7-15)29(25,26)24-12-10-14(11-13-24)20-22-19(23-28-20)17-4-2-3-5-18(17)21/h2-9,14H,10-13H2,1H3. The van der Waals surface area contributed by atoms with Crippen molar-refractivity contribution in [3.63, 3.8) is 0 Å². The van der Waals surface area contributed by atoms with Crippen LogP contribution in [0.2, 0.25) is 5.02 Å². The van der Waals surface area contributed by atoms with Gasteiger partial charge in [-0.3, -0.25) is 0 Å². The summed E-state index contributed by atoms with van der Waals surface area (Å²) < 4.78 is 37.8. The van der Waals surface area contributed by atoms with Gasteiger partial charge >= 0.3 is 0 Å². The van der Waals surface area contributed by atoms with E-state index in [2.05, 4.69) is 10.1 Å². The molecule has 2 heterocycles. The molecule has 0 bridgehead atoms. The summed E-state index contributed by atoms with van der Waals surface area (Å²) in [5.74, 6) is 1.59. The van der Waals surface area contributed by atoms with Crippen molar-refractivity contribution in [3.8, 4) is 17.1 Å². The van der Waals surface area contributed by atoms with Crippen LogP contribution in [-0.4, -0.2) is 43.1 Å². The van der Waals surface area contributed by atoms with E-state index in [1.807, 2.05) is 18.2 Å². The van der Waals surface area contributed by atoms with E-state index in [4.69, 9.17) is 20.9 Å².